The average molecular weight is 594 g/mol. The second-order valence-electron chi connectivity index (χ2n) is 10.5. The predicted octanol–water partition coefficient (Wildman–Crippen LogP) is 1.54. The molecule has 4 N–H and O–H groups in total. The van der Waals surface area contributed by atoms with Crippen LogP contribution in [0.25, 0.3) is 11.8 Å². The Hall–Kier alpha value is -3.93. The number of anilines is 2. The summed E-state index contributed by atoms with van der Waals surface area (Å²) in [6.45, 7) is 13.2. The lowest BCUT2D eigenvalue weighted by molar-refractivity contribution is -0.126. The minimum Gasteiger partial charge on any atom is -0.458 e. The molecule has 0 saturated carbocycles. The van der Waals surface area contributed by atoms with Gasteiger partial charge in [-0.15, -0.1) is 0 Å². The molecule has 42 heavy (non-hydrogen) atoms. The molecule has 1 aliphatic carbocycles. The van der Waals surface area contributed by atoms with Crippen molar-refractivity contribution in [3.8, 4) is 11.8 Å². The summed E-state index contributed by atoms with van der Waals surface area (Å²) < 4.78 is 18.5. The van der Waals surface area contributed by atoms with Gasteiger partial charge < -0.3 is 40.5 Å². The number of amides is 1. The van der Waals surface area contributed by atoms with Gasteiger partial charge in [-0.25, -0.2) is 0 Å². The Morgan fingerprint density at radius 2 is 1.98 bits per heavy atom. The van der Waals surface area contributed by atoms with Gasteiger partial charge in [0.2, 0.25) is 5.91 Å². The summed E-state index contributed by atoms with van der Waals surface area (Å²) in [7, 11) is 1.65. The van der Waals surface area contributed by atoms with Crippen LogP contribution in [0, 0.1) is 12.3 Å². The van der Waals surface area contributed by atoms with E-state index >= 15 is 0 Å². The van der Waals surface area contributed by atoms with Crippen molar-refractivity contribution in [2.45, 2.75) is 32.0 Å². The third-order valence-electron chi connectivity index (χ3n) is 7.81. The number of aromatic nitrogens is 2. The second kappa shape index (κ2) is 12.5. The number of benzene rings is 1. The SMILES string of the molecule is C=CC(=O)N1CCN(c2nc(O[C@@H]3CNC[C@H]3OC)nc3c2=CCC(=C)CC=3Oc2c(C)c(Cl)cc(N)c2C=N)CC1. The number of carbonyl (C=O) groups excluding carboxylic acids is 1. The van der Waals surface area contributed by atoms with Gasteiger partial charge in [0, 0.05) is 80.5 Å². The number of hydrogen-bond donors (Lipinski definition) is 3. The van der Waals surface area contributed by atoms with Crippen molar-refractivity contribution >= 4 is 47.1 Å². The summed E-state index contributed by atoms with van der Waals surface area (Å²) in [5.41, 5.74) is 8.56. The van der Waals surface area contributed by atoms with E-state index in [1.165, 1.54) is 6.08 Å². The molecule has 0 bridgehead atoms. The van der Waals surface area contributed by atoms with Gasteiger partial charge in [-0.2, -0.15) is 9.97 Å². The van der Waals surface area contributed by atoms with Crippen molar-refractivity contribution in [1.82, 2.24) is 20.2 Å². The Kier molecular flexibility index (Phi) is 8.81. The van der Waals surface area contributed by atoms with E-state index in [4.69, 9.17) is 46.9 Å². The first kappa shape index (κ1) is 29.6. The largest absolute Gasteiger partial charge is 0.458 e. The molecule has 0 radical (unpaired) electrons. The molecule has 1 amide bonds. The molecule has 1 aromatic heterocycles. The second-order valence-corrected chi connectivity index (χ2v) is 10.9. The Balaban J connectivity index is 1.67. The van der Waals surface area contributed by atoms with Gasteiger partial charge in [-0.3, -0.25) is 4.79 Å². The molecule has 1 aromatic carbocycles. The molecule has 2 fully saturated rings. The quantitative estimate of drug-likeness (QED) is 0.180. The van der Waals surface area contributed by atoms with Gasteiger partial charge in [0.1, 0.15) is 34.9 Å². The molecule has 0 spiro atoms. The number of carbonyl (C=O) groups is 1. The number of halogens is 1. The molecule has 3 aliphatic rings. The van der Waals surface area contributed by atoms with E-state index in [9.17, 15) is 4.79 Å². The van der Waals surface area contributed by atoms with Crippen LogP contribution in [-0.2, 0) is 9.53 Å². The van der Waals surface area contributed by atoms with E-state index in [0.717, 1.165) is 17.0 Å². The average Bonchev–Trinajstić information content (AvgIpc) is 3.38. The molecule has 2 aromatic rings. The highest BCUT2D eigenvalue weighted by atomic mass is 35.5. The molecule has 12 heteroatoms. The lowest BCUT2D eigenvalue weighted by Gasteiger charge is -2.35. The number of rotatable bonds is 8. The van der Waals surface area contributed by atoms with Gasteiger partial charge in [-0.1, -0.05) is 36.4 Å². The maximum atomic E-state index is 12.2. The fourth-order valence-electron chi connectivity index (χ4n) is 5.40. The van der Waals surface area contributed by atoms with Gasteiger partial charge in [0.15, 0.2) is 0 Å². The van der Waals surface area contributed by atoms with Crippen molar-refractivity contribution in [2.75, 3.05) is 57.0 Å². The summed E-state index contributed by atoms with van der Waals surface area (Å²) >= 11 is 6.47. The molecular weight excluding hydrogens is 558 g/mol. The summed E-state index contributed by atoms with van der Waals surface area (Å²) in [5.74, 6) is 1.51. The zero-order chi connectivity index (χ0) is 30.0. The molecule has 222 valence electrons. The highest BCUT2D eigenvalue weighted by Crippen LogP contribution is 2.35. The van der Waals surface area contributed by atoms with E-state index in [-0.39, 0.29) is 24.1 Å². The molecular formula is C30H36ClN7O4. The van der Waals surface area contributed by atoms with E-state index in [0.29, 0.717) is 96.6 Å². The number of hydrogen-bond acceptors (Lipinski definition) is 10. The number of fused-ring (bicyclic) bond motifs is 1. The van der Waals surface area contributed by atoms with Gasteiger partial charge in [0.25, 0.3) is 0 Å². The number of ether oxygens (including phenoxy) is 3. The van der Waals surface area contributed by atoms with Gasteiger partial charge in [0.05, 0.1) is 5.56 Å². The maximum Gasteiger partial charge on any atom is 0.319 e. The lowest BCUT2D eigenvalue weighted by Crippen LogP contribution is -2.51. The predicted molar refractivity (Wildman–Crippen MR) is 164 cm³/mol. The number of nitrogens with two attached hydrogens (primary N) is 1. The van der Waals surface area contributed by atoms with Crippen LogP contribution in [0.1, 0.15) is 24.0 Å². The topological polar surface area (TPSA) is 139 Å². The third-order valence-corrected chi connectivity index (χ3v) is 8.20. The third kappa shape index (κ3) is 5.85. The summed E-state index contributed by atoms with van der Waals surface area (Å²) in [4.78, 5) is 25.9. The maximum absolute atomic E-state index is 12.2. The van der Waals surface area contributed by atoms with Crippen molar-refractivity contribution < 1.29 is 19.0 Å². The Morgan fingerprint density at radius 3 is 2.67 bits per heavy atom. The minimum absolute atomic E-state index is 0.0930. The van der Waals surface area contributed by atoms with Crippen molar-refractivity contribution in [3.63, 3.8) is 0 Å². The Morgan fingerprint density at radius 1 is 1.24 bits per heavy atom. The zero-order valence-corrected chi connectivity index (χ0v) is 24.7. The molecule has 5 rings (SSSR count). The first-order valence-corrected chi connectivity index (χ1v) is 14.2. The Bertz CT molecular complexity index is 1550. The fraction of sp³-hybridized carbons (Fsp3) is 0.400. The summed E-state index contributed by atoms with van der Waals surface area (Å²) in [6.07, 6.45) is 5.12. The highest BCUT2D eigenvalue weighted by Gasteiger charge is 2.31. The van der Waals surface area contributed by atoms with Gasteiger partial charge in [-0.05, 0) is 25.5 Å². The summed E-state index contributed by atoms with van der Waals surface area (Å²) in [5, 5.41) is 13.1. The highest BCUT2D eigenvalue weighted by molar-refractivity contribution is 6.32. The van der Waals surface area contributed by atoms with Crippen LogP contribution >= 0.6 is 11.6 Å². The first-order chi connectivity index (χ1) is 20.2. The summed E-state index contributed by atoms with van der Waals surface area (Å²) in [6, 6.07) is 1.81. The normalized spacial score (nSPS) is 20.5. The Labute approximate surface area is 249 Å². The van der Waals surface area contributed by atoms with Crippen LogP contribution in [0.15, 0.2) is 30.9 Å². The molecule has 2 aliphatic heterocycles. The monoisotopic (exact) mass is 593 g/mol. The molecule has 2 saturated heterocycles. The van der Waals surface area contributed by atoms with Crippen LogP contribution < -0.4 is 36.0 Å². The number of nitrogens with zero attached hydrogens (tertiary/aromatic N) is 4. The number of nitrogen functional groups attached to an aromatic ring is 1. The standard InChI is InChI=1S/C30H36ClN7O4/c1-5-26(39)37-8-10-38(11-9-37)29-19-7-6-17(2)12-23(41-28-18(3)21(31)13-22(33)20(28)14-32)27(19)35-30(36-29)42-25-16-34-15-24(25)40-4/h5,7,13-14,24-25,32,34H,1-2,6,8-12,15-16,33H2,3-4H3/t24-,25-/m1/s1. The fourth-order valence-corrected chi connectivity index (χ4v) is 5.60. The van der Waals surface area contributed by atoms with E-state index in [1.807, 2.05) is 6.92 Å². The van der Waals surface area contributed by atoms with Crippen LogP contribution in [0.3, 0.4) is 0 Å². The van der Waals surface area contributed by atoms with Crippen molar-refractivity contribution in [1.29, 1.82) is 5.41 Å². The van der Waals surface area contributed by atoms with Crippen LogP contribution in [0.4, 0.5) is 11.5 Å². The van der Waals surface area contributed by atoms with Gasteiger partial charge >= 0.3 is 6.01 Å². The minimum atomic E-state index is -0.281. The molecule has 3 heterocycles. The van der Waals surface area contributed by atoms with E-state index in [2.05, 4.69) is 29.5 Å². The van der Waals surface area contributed by atoms with E-state index in [1.54, 1.807) is 18.1 Å². The number of piperazine rings is 1. The first-order valence-electron chi connectivity index (χ1n) is 13.9. The van der Waals surface area contributed by atoms with Crippen molar-refractivity contribution in [3.05, 3.63) is 57.6 Å². The number of methoxy groups -OCH3 is 1. The molecule has 2 atom stereocenters. The number of nitrogens with one attached hydrogen (secondary N) is 2. The van der Waals surface area contributed by atoms with Crippen LogP contribution in [0.5, 0.6) is 11.8 Å². The van der Waals surface area contributed by atoms with Crippen molar-refractivity contribution in [2.24, 2.45) is 0 Å². The zero-order valence-electron chi connectivity index (χ0n) is 23.9. The van der Waals surface area contributed by atoms with Crippen LogP contribution in [-0.4, -0.2) is 85.6 Å². The van der Waals surface area contributed by atoms with Crippen LogP contribution in [0.2, 0.25) is 5.02 Å². The van der Waals surface area contributed by atoms with E-state index < -0.39 is 0 Å². The smallest absolute Gasteiger partial charge is 0.319 e. The molecule has 11 nitrogen and oxygen atoms in total. The lowest BCUT2D eigenvalue weighted by atomic mass is 10.1. The molecule has 0 unspecified atom stereocenters.